The Morgan fingerprint density at radius 1 is 1.33 bits per heavy atom. The van der Waals surface area contributed by atoms with Crippen LogP contribution in [0.1, 0.15) is 31.3 Å². The number of halogens is 3. The maximum Gasteiger partial charge on any atom is 0.416 e. The molecule has 0 bridgehead atoms. The molecule has 0 saturated carbocycles. The highest BCUT2D eigenvalue weighted by Crippen LogP contribution is 2.32. The van der Waals surface area contributed by atoms with Crippen molar-refractivity contribution in [2.45, 2.75) is 32.6 Å². The molecule has 3 rings (SSSR count). The minimum Gasteiger partial charge on any atom is -0.327 e. The van der Waals surface area contributed by atoms with Crippen LogP contribution < -0.4 is 4.72 Å². The molecule has 0 aliphatic carbocycles. The third-order valence-corrected chi connectivity index (χ3v) is 5.61. The fraction of sp³-hybridized carbons (Fsp3) is 0.375. The second-order valence-electron chi connectivity index (χ2n) is 5.96. The summed E-state index contributed by atoms with van der Waals surface area (Å²) in [7, 11) is -3.88. The van der Waals surface area contributed by atoms with Crippen molar-refractivity contribution in [3.05, 3.63) is 41.9 Å². The van der Waals surface area contributed by atoms with Crippen LogP contribution in [0.15, 0.2) is 35.5 Å². The largest absolute Gasteiger partial charge is 0.416 e. The third-order valence-electron chi connectivity index (χ3n) is 4.11. The van der Waals surface area contributed by atoms with Crippen LogP contribution in [0.2, 0.25) is 0 Å². The van der Waals surface area contributed by atoms with Crippen molar-refractivity contribution < 1.29 is 21.6 Å². The van der Waals surface area contributed by atoms with E-state index in [-0.39, 0.29) is 6.67 Å². The topological polar surface area (TPSA) is 79.6 Å². The molecule has 0 spiro atoms. The van der Waals surface area contributed by atoms with Crippen LogP contribution in [0.25, 0.3) is 11.0 Å². The predicted octanol–water partition coefficient (Wildman–Crippen LogP) is 2.83. The average Bonchev–Trinajstić information content (AvgIpc) is 2.99. The maximum atomic E-state index is 13.0. The summed E-state index contributed by atoms with van der Waals surface area (Å²) >= 11 is 0. The molecule has 1 aromatic carbocycles. The van der Waals surface area contributed by atoms with Crippen molar-refractivity contribution in [1.29, 1.82) is 0 Å². The molecular formula is C16H18F3N5O2S. The Hall–Kier alpha value is -2.40. The normalized spacial score (nSPS) is 16.3. The van der Waals surface area contributed by atoms with E-state index in [4.69, 9.17) is 0 Å². The minimum absolute atomic E-state index is 0.0440. The smallest absolute Gasteiger partial charge is 0.327 e. The first-order valence-corrected chi connectivity index (χ1v) is 9.60. The van der Waals surface area contributed by atoms with Gasteiger partial charge in [0.1, 0.15) is 12.5 Å². The summed E-state index contributed by atoms with van der Waals surface area (Å²) < 4.78 is 69.0. The van der Waals surface area contributed by atoms with Gasteiger partial charge < -0.3 is 4.57 Å². The number of aryl methyl sites for hydroxylation is 1. The van der Waals surface area contributed by atoms with Gasteiger partial charge in [0.25, 0.3) is 0 Å². The van der Waals surface area contributed by atoms with E-state index in [2.05, 4.69) is 14.7 Å². The molecule has 0 saturated heterocycles. The van der Waals surface area contributed by atoms with E-state index in [0.717, 1.165) is 16.4 Å². The minimum atomic E-state index is -4.47. The lowest BCUT2D eigenvalue weighted by molar-refractivity contribution is -0.137. The summed E-state index contributed by atoms with van der Waals surface area (Å²) in [6.07, 6.45) is -0.108. The van der Waals surface area contributed by atoms with Gasteiger partial charge in [0.15, 0.2) is 0 Å². The predicted molar refractivity (Wildman–Crippen MR) is 95.2 cm³/mol. The monoisotopic (exact) mass is 401 g/mol. The van der Waals surface area contributed by atoms with Crippen molar-refractivity contribution in [1.82, 2.24) is 18.6 Å². The fourth-order valence-corrected chi connectivity index (χ4v) is 3.99. The second kappa shape index (κ2) is 6.97. The molecule has 1 N–H and O–H groups in total. The molecule has 1 aliphatic heterocycles. The van der Waals surface area contributed by atoms with E-state index >= 15 is 0 Å². The number of fused-ring (bicyclic) bond motifs is 1. The standard InChI is InChI=1S/C16H18F3N5O2S/c1-3-24-14-9-12(16(17,18)19)5-6-13(14)21-15(24)11(2)22-27(25,26)23-8-4-7-20-10-23/h4-9,11,22H,3,10H2,1-2H3/t11-/m1/s1. The Labute approximate surface area is 154 Å². The Morgan fingerprint density at radius 3 is 2.67 bits per heavy atom. The van der Waals surface area contributed by atoms with Crippen LogP contribution in [0, 0.1) is 0 Å². The van der Waals surface area contributed by atoms with Gasteiger partial charge >= 0.3 is 16.4 Å². The molecule has 0 amide bonds. The van der Waals surface area contributed by atoms with E-state index in [1.165, 1.54) is 24.6 Å². The van der Waals surface area contributed by atoms with Crippen LogP contribution in [0.4, 0.5) is 13.2 Å². The third kappa shape index (κ3) is 3.83. The summed E-state index contributed by atoms with van der Waals surface area (Å²) in [6.45, 7) is 3.64. The molecule has 146 valence electrons. The highest BCUT2D eigenvalue weighted by molar-refractivity contribution is 7.87. The SMILES string of the molecule is CCn1c([C@@H](C)NS(=O)(=O)N2C=CC=NC2)nc2ccc(C(F)(F)F)cc21. The molecule has 2 aromatic rings. The molecule has 0 unspecified atom stereocenters. The molecule has 1 aromatic heterocycles. The first-order valence-electron chi connectivity index (χ1n) is 8.16. The zero-order valence-corrected chi connectivity index (χ0v) is 15.4. The van der Waals surface area contributed by atoms with E-state index in [1.807, 2.05) is 0 Å². The van der Waals surface area contributed by atoms with Crippen molar-refractivity contribution in [2.75, 3.05) is 6.67 Å². The maximum absolute atomic E-state index is 13.0. The molecule has 11 heteroatoms. The number of hydrogen-bond donors (Lipinski definition) is 1. The molecule has 1 aliphatic rings. The Balaban J connectivity index is 1.96. The molecule has 0 radical (unpaired) electrons. The summed E-state index contributed by atoms with van der Waals surface area (Å²) in [5, 5.41) is 0. The summed E-state index contributed by atoms with van der Waals surface area (Å²) in [4.78, 5) is 8.21. The number of alkyl halides is 3. The Bertz CT molecular complexity index is 1010. The molecular weight excluding hydrogens is 383 g/mol. The number of nitrogens with one attached hydrogen (secondary N) is 1. The average molecular weight is 401 g/mol. The number of nitrogens with zero attached hydrogens (tertiary/aromatic N) is 4. The van der Waals surface area contributed by atoms with E-state index in [1.54, 1.807) is 18.4 Å². The lowest BCUT2D eigenvalue weighted by Gasteiger charge is -2.23. The van der Waals surface area contributed by atoms with Gasteiger partial charge in [0.05, 0.1) is 22.6 Å². The van der Waals surface area contributed by atoms with Gasteiger partial charge in [-0.05, 0) is 38.1 Å². The summed E-state index contributed by atoms with van der Waals surface area (Å²) in [5.41, 5.74) is -0.107. The quantitative estimate of drug-likeness (QED) is 0.837. The van der Waals surface area contributed by atoms with Gasteiger partial charge in [-0.1, -0.05) is 0 Å². The summed E-state index contributed by atoms with van der Waals surface area (Å²) in [5.74, 6) is 0.333. The highest BCUT2D eigenvalue weighted by Gasteiger charge is 2.31. The number of aliphatic imine (C=N–C) groups is 1. The van der Waals surface area contributed by atoms with Gasteiger partial charge in [0, 0.05) is 19.0 Å². The molecule has 1 atom stereocenters. The van der Waals surface area contributed by atoms with Gasteiger partial charge in [-0.3, -0.25) is 4.99 Å². The zero-order valence-electron chi connectivity index (χ0n) is 14.6. The van der Waals surface area contributed by atoms with Gasteiger partial charge in [0.2, 0.25) is 0 Å². The van der Waals surface area contributed by atoms with Crippen molar-refractivity contribution in [3.8, 4) is 0 Å². The van der Waals surface area contributed by atoms with Crippen LogP contribution in [0.3, 0.4) is 0 Å². The van der Waals surface area contributed by atoms with Crippen LogP contribution in [0.5, 0.6) is 0 Å². The number of allylic oxidation sites excluding steroid dienone is 1. The molecule has 0 fully saturated rings. The Morgan fingerprint density at radius 2 is 2.07 bits per heavy atom. The number of aromatic nitrogens is 2. The highest BCUT2D eigenvalue weighted by atomic mass is 32.2. The fourth-order valence-electron chi connectivity index (χ4n) is 2.85. The molecule has 27 heavy (non-hydrogen) atoms. The van der Waals surface area contributed by atoms with Crippen LogP contribution in [-0.2, 0) is 22.9 Å². The number of hydrogen-bond acceptors (Lipinski definition) is 4. The van der Waals surface area contributed by atoms with Crippen LogP contribution in [-0.4, -0.2) is 35.2 Å². The first kappa shape index (κ1) is 19.4. The van der Waals surface area contributed by atoms with Crippen molar-refractivity contribution >= 4 is 27.5 Å². The van der Waals surface area contributed by atoms with E-state index < -0.39 is 28.0 Å². The van der Waals surface area contributed by atoms with E-state index in [9.17, 15) is 21.6 Å². The van der Waals surface area contributed by atoms with E-state index in [0.29, 0.717) is 23.4 Å². The van der Waals surface area contributed by atoms with Crippen molar-refractivity contribution in [2.24, 2.45) is 4.99 Å². The molecule has 2 heterocycles. The number of imidazole rings is 1. The lowest BCUT2D eigenvalue weighted by Crippen LogP contribution is -2.40. The second-order valence-corrected chi connectivity index (χ2v) is 7.62. The first-order chi connectivity index (χ1) is 12.6. The van der Waals surface area contributed by atoms with Crippen molar-refractivity contribution in [3.63, 3.8) is 0 Å². The summed E-state index contributed by atoms with van der Waals surface area (Å²) in [6, 6.07) is 2.52. The number of rotatable bonds is 5. The van der Waals surface area contributed by atoms with Crippen LogP contribution >= 0.6 is 0 Å². The zero-order chi connectivity index (χ0) is 19.8. The van der Waals surface area contributed by atoms with Gasteiger partial charge in [-0.25, -0.2) is 9.29 Å². The van der Waals surface area contributed by atoms with Gasteiger partial charge in [-0.15, -0.1) is 0 Å². The lowest BCUT2D eigenvalue weighted by atomic mass is 10.2. The molecule has 7 nitrogen and oxygen atoms in total. The number of benzene rings is 1. The Kier molecular flexibility index (Phi) is 5.00. The van der Waals surface area contributed by atoms with Gasteiger partial charge in [-0.2, -0.15) is 26.3 Å².